The summed E-state index contributed by atoms with van der Waals surface area (Å²) in [7, 11) is 0. The number of amides is 2. The Bertz CT molecular complexity index is 319. The molecule has 0 aromatic rings. The summed E-state index contributed by atoms with van der Waals surface area (Å²) in [5, 5.41) is 0. The van der Waals surface area contributed by atoms with E-state index in [9.17, 15) is 9.59 Å². The Balaban J connectivity index is 2.41. The average molecular weight is 256 g/mol. The first-order valence-electron chi connectivity index (χ1n) is 5.93. The Kier molecular flexibility index (Phi) is 4.62. The maximum atomic E-state index is 11.8. The van der Waals surface area contributed by atoms with Gasteiger partial charge in [-0.05, 0) is 24.7 Å². The van der Waals surface area contributed by atoms with E-state index in [1.54, 1.807) is 0 Å². The summed E-state index contributed by atoms with van der Waals surface area (Å²) in [6.45, 7) is 4.40. The highest BCUT2D eigenvalue weighted by atomic mass is 32.1. The molecule has 0 spiro atoms. The third-order valence-corrected chi connectivity index (χ3v) is 3.12. The molecule has 1 heterocycles. The number of piperidine rings is 1. The Labute approximate surface area is 108 Å². The van der Waals surface area contributed by atoms with E-state index < -0.39 is 0 Å². The average Bonchev–Trinajstić information content (AvgIpc) is 2.12. The predicted molar refractivity (Wildman–Crippen MR) is 70.4 cm³/mol. The van der Waals surface area contributed by atoms with Crippen LogP contribution >= 0.6 is 12.2 Å². The van der Waals surface area contributed by atoms with Crippen LogP contribution in [0.25, 0.3) is 0 Å². The maximum Gasteiger partial charge on any atom is 0.229 e. The molecule has 2 amide bonds. The van der Waals surface area contributed by atoms with Crippen LogP contribution in [0.5, 0.6) is 0 Å². The lowest BCUT2D eigenvalue weighted by Crippen LogP contribution is -2.46. The number of hydrogen-bond acceptors (Lipinski definition) is 3. The van der Waals surface area contributed by atoms with Crippen molar-refractivity contribution in [3.63, 3.8) is 0 Å². The van der Waals surface area contributed by atoms with Crippen LogP contribution in [-0.4, -0.2) is 28.2 Å². The van der Waals surface area contributed by atoms with Gasteiger partial charge < -0.3 is 5.73 Å². The number of nitrogens with zero attached hydrogens (tertiary/aromatic N) is 1. The van der Waals surface area contributed by atoms with E-state index in [0.717, 1.165) is 12.8 Å². The van der Waals surface area contributed by atoms with Crippen LogP contribution in [0.3, 0.4) is 0 Å². The minimum absolute atomic E-state index is 0.0541. The van der Waals surface area contributed by atoms with Crippen LogP contribution < -0.4 is 5.73 Å². The lowest BCUT2D eigenvalue weighted by molar-refractivity contribution is -0.152. The quantitative estimate of drug-likeness (QED) is 0.461. The summed E-state index contributed by atoms with van der Waals surface area (Å²) in [6, 6.07) is 0. The third-order valence-electron chi connectivity index (χ3n) is 2.92. The number of carbonyl (C=O) groups is 2. The topological polar surface area (TPSA) is 63.4 Å². The second kappa shape index (κ2) is 5.58. The van der Waals surface area contributed by atoms with Gasteiger partial charge in [0.25, 0.3) is 0 Å². The fourth-order valence-electron chi connectivity index (χ4n) is 2.03. The number of rotatable bonds is 5. The van der Waals surface area contributed by atoms with Gasteiger partial charge in [0.2, 0.25) is 11.8 Å². The van der Waals surface area contributed by atoms with Gasteiger partial charge in [0, 0.05) is 19.4 Å². The molecule has 0 aromatic heterocycles. The molecule has 1 aliphatic heterocycles. The molecular formula is C12H20N2O2S. The Morgan fingerprint density at radius 1 is 1.29 bits per heavy atom. The van der Waals surface area contributed by atoms with E-state index in [4.69, 9.17) is 18.0 Å². The third kappa shape index (κ3) is 4.42. The van der Waals surface area contributed by atoms with Crippen LogP contribution in [0.4, 0.5) is 0 Å². The van der Waals surface area contributed by atoms with Gasteiger partial charge in [-0.25, -0.2) is 0 Å². The molecule has 1 saturated heterocycles. The van der Waals surface area contributed by atoms with E-state index in [1.807, 2.05) is 13.8 Å². The first-order valence-corrected chi connectivity index (χ1v) is 6.34. The Morgan fingerprint density at radius 2 is 1.82 bits per heavy atom. The highest BCUT2D eigenvalue weighted by Crippen LogP contribution is 2.31. The molecule has 0 radical (unpaired) electrons. The highest BCUT2D eigenvalue weighted by molar-refractivity contribution is 7.80. The second-order valence-corrected chi connectivity index (χ2v) is 5.90. The number of thiocarbonyl (C=S) groups is 1. The van der Waals surface area contributed by atoms with E-state index >= 15 is 0 Å². The van der Waals surface area contributed by atoms with Gasteiger partial charge in [0.1, 0.15) is 0 Å². The summed E-state index contributed by atoms with van der Waals surface area (Å²) >= 11 is 4.77. The van der Waals surface area contributed by atoms with Crippen LogP contribution in [0, 0.1) is 5.41 Å². The fraction of sp³-hybridized carbons (Fsp3) is 0.750. The number of carbonyl (C=O) groups excluding carboxylic acids is 2. The fourth-order valence-corrected chi connectivity index (χ4v) is 2.17. The summed E-state index contributed by atoms with van der Waals surface area (Å²) in [5.41, 5.74) is 5.19. The summed E-state index contributed by atoms with van der Waals surface area (Å²) in [5.74, 6) is -0.108. The van der Waals surface area contributed by atoms with Crippen molar-refractivity contribution in [1.29, 1.82) is 0 Å². The Morgan fingerprint density at radius 3 is 2.29 bits per heavy atom. The maximum absolute atomic E-state index is 11.8. The van der Waals surface area contributed by atoms with E-state index in [-0.39, 0.29) is 17.2 Å². The molecule has 4 nitrogen and oxygen atoms in total. The molecule has 2 N–H and O–H groups in total. The van der Waals surface area contributed by atoms with Gasteiger partial charge in [-0.1, -0.05) is 26.1 Å². The van der Waals surface area contributed by atoms with Gasteiger partial charge in [0.15, 0.2) is 0 Å². The zero-order valence-corrected chi connectivity index (χ0v) is 11.3. The van der Waals surface area contributed by atoms with Crippen molar-refractivity contribution in [1.82, 2.24) is 4.90 Å². The molecule has 96 valence electrons. The molecule has 0 bridgehead atoms. The molecule has 1 aliphatic rings. The molecule has 1 fully saturated rings. The number of hydrogen-bond donors (Lipinski definition) is 1. The zero-order chi connectivity index (χ0) is 13.1. The summed E-state index contributed by atoms with van der Waals surface area (Å²) in [4.78, 5) is 25.5. The molecule has 5 heteroatoms. The largest absolute Gasteiger partial charge is 0.393 e. The van der Waals surface area contributed by atoms with Crippen molar-refractivity contribution in [2.75, 3.05) is 6.54 Å². The van der Waals surface area contributed by atoms with Crippen molar-refractivity contribution >= 4 is 29.0 Å². The van der Waals surface area contributed by atoms with Crippen molar-refractivity contribution < 1.29 is 9.59 Å². The zero-order valence-electron chi connectivity index (χ0n) is 10.5. The SMILES string of the molecule is CC1(C)CC(=O)N(CCCCC(N)=S)C(=O)C1. The summed E-state index contributed by atoms with van der Waals surface area (Å²) in [6.07, 6.45) is 3.18. The van der Waals surface area contributed by atoms with Crippen molar-refractivity contribution in [3.8, 4) is 0 Å². The lowest BCUT2D eigenvalue weighted by Gasteiger charge is -2.34. The minimum Gasteiger partial charge on any atom is -0.393 e. The van der Waals surface area contributed by atoms with Gasteiger partial charge in [-0.3, -0.25) is 14.5 Å². The first kappa shape index (κ1) is 14.1. The van der Waals surface area contributed by atoms with Gasteiger partial charge >= 0.3 is 0 Å². The standard InChI is InChI=1S/C12H20N2O2S/c1-12(2)7-10(15)14(11(16)8-12)6-4-3-5-9(13)17/h3-8H2,1-2H3,(H2,13,17). The second-order valence-electron chi connectivity index (χ2n) is 5.38. The highest BCUT2D eigenvalue weighted by Gasteiger charge is 2.36. The predicted octanol–water partition coefficient (Wildman–Crippen LogP) is 1.62. The van der Waals surface area contributed by atoms with Gasteiger partial charge in [-0.2, -0.15) is 0 Å². The number of likely N-dealkylation sites (tertiary alicyclic amines) is 1. The van der Waals surface area contributed by atoms with Gasteiger partial charge in [0.05, 0.1) is 4.99 Å². The summed E-state index contributed by atoms with van der Waals surface area (Å²) < 4.78 is 0. The molecule has 0 saturated carbocycles. The molecular weight excluding hydrogens is 236 g/mol. The van der Waals surface area contributed by atoms with E-state index in [1.165, 1.54) is 4.90 Å². The molecule has 1 rings (SSSR count). The molecule has 0 unspecified atom stereocenters. The van der Waals surface area contributed by atoms with Crippen LogP contribution in [0.15, 0.2) is 0 Å². The number of imide groups is 1. The smallest absolute Gasteiger partial charge is 0.229 e. The molecule has 0 aliphatic carbocycles. The minimum atomic E-state index is -0.191. The van der Waals surface area contributed by atoms with Crippen LogP contribution in [-0.2, 0) is 9.59 Å². The number of nitrogens with two attached hydrogens (primary N) is 1. The number of unbranched alkanes of at least 4 members (excludes halogenated alkanes) is 1. The molecule has 0 aromatic carbocycles. The first-order chi connectivity index (χ1) is 7.82. The van der Waals surface area contributed by atoms with Gasteiger partial charge in [-0.15, -0.1) is 0 Å². The van der Waals surface area contributed by atoms with E-state index in [0.29, 0.717) is 30.8 Å². The van der Waals surface area contributed by atoms with E-state index in [2.05, 4.69) is 0 Å². The van der Waals surface area contributed by atoms with Crippen molar-refractivity contribution in [3.05, 3.63) is 0 Å². The Hall–Kier alpha value is -0.970. The monoisotopic (exact) mass is 256 g/mol. The van der Waals surface area contributed by atoms with Crippen molar-refractivity contribution in [2.45, 2.75) is 46.0 Å². The molecule has 17 heavy (non-hydrogen) atoms. The molecule has 0 atom stereocenters. The lowest BCUT2D eigenvalue weighted by atomic mass is 9.82. The van der Waals surface area contributed by atoms with Crippen LogP contribution in [0.2, 0.25) is 0 Å². The normalized spacial score (nSPS) is 19.5. The van der Waals surface area contributed by atoms with Crippen molar-refractivity contribution in [2.24, 2.45) is 11.1 Å². The van der Waals surface area contributed by atoms with Crippen LogP contribution in [0.1, 0.15) is 46.0 Å².